The number of carbonyl (C=O) groups is 3. The Balaban J connectivity index is 1.69. The van der Waals surface area contributed by atoms with E-state index in [0.717, 1.165) is 38.5 Å². The van der Waals surface area contributed by atoms with Crippen molar-refractivity contribution in [2.24, 2.45) is 5.41 Å². The van der Waals surface area contributed by atoms with E-state index in [2.05, 4.69) is 6.92 Å². The van der Waals surface area contributed by atoms with E-state index < -0.39 is 72.0 Å². The normalized spacial score (nSPS) is 37.3. The third-order valence-corrected chi connectivity index (χ3v) is 10.8. The lowest BCUT2D eigenvalue weighted by molar-refractivity contribution is -0.327. The number of methoxy groups -OCH3 is 1. The number of ether oxygens (including phenoxy) is 6. The summed E-state index contributed by atoms with van der Waals surface area (Å²) in [6.45, 7) is 4.98. The largest absolute Gasteiger partial charge is 0.466 e. The van der Waals surface area contributed by atoms with Crippen LogP contribution in [0.1, 0.15) is 130 Å². The number of carbonyl (C=O) groups excluding carboxylic acids is 3. The van der Waals surface area contributed by atoms with Crippen LogP contribution in [0.4, 0.5) is 0 Å². The average molecular weight is 739 g/mol. The summed E-state index contributed by atoms with van der Waals surface area (Å²) in [6, 6.07) is 0. The lowest BCUT2D eigenvalue weighted by Crippen LogP contribution is -2.62. The number of esters is 3. The Kier molecular flexibility index (Phi) is 15.7. The van der Waals surface area contributed by atoms with Crippen LogP contribution in [0.15, 0.2) is 23.8 Å². The Labute approximate surface area is 308 Å². The van der Waals surface area contributed by atoms with Crippen molar-refractivity contribution < 1.29 is 63.2 Å². The molecule has 0 radical (unpaired) electrons. The van der Waals surface area contributed by atoms with Crippen molar-refractivity contribution >= 4 is 17.9 Å². The molecule has 13 nitrogen and oxygen atoms in total. The third-order valence-electron chi connectivity index (χ3n) is 10.8. The fraction of sp³-hybridized carbons (Fsp3) is 0.821. The van der Waals surface area contributed by atoms with Gasteiger partial charge in [-0.1, -0.05) is 58.6 Å². The van der Waals surface area contributed by atoms with Crippen LogP contribution in [0.5, 0.6) is 0 Å². The maximum Gasteiger partial charge on any atom is 0.330 e. The molecular formula is C39H62O13. The molecule has 3 saturated heterocycles. The molecule has 0 saturated carbocycles. The van der Waals surface area contributed by atoms with Gasteiger partial charge in [-0.25, -0.2) is 4.79 Å². The van der Waals surface area contributed by atoms with Gasteiger partial charge < -0.3 is 48.8 Å². The summed E-state index contributed by atoms with van der Waals surface area (Å²) in [5, 5.41) is 45.2. The molecule has 9 atom stereocenters. The highest BCUT2D eigenvalue weighted by Gasteiger charge is 2.57. The lowest BCUT2D eigenvalue weighted by atomic mass is 9.74. The molecule has 0 amide bonds. The maximum absolute atomic E-state index is 13.3. The molecule has 6 bridgehead atoms. The Bertz CT molecular complexity index is 1250. The van der Waals surface area contributed by atoms with Gasteiger partial charge in [0.05, 0.1) is 50.7 Å². The van der Waals surface area contributed by atoms with Crippen molar-refractivity contribution in [1.82, 2.24) is 0 Å². The number of hydrogen-bond acceptors (Lipinski definition) is 13. The van der Waals surface area contributed by atoms with Crippen LogP contribution in [0.3, 0.4) is 0 Å². The average Bonchev–Trinajstić information content (AvgIpc) is 3.08. The number of unbranched alkanes of at least 4 members (excludes halogenated alkanes) is 4. The Morgan fingerprint density at radius 1 is 0.981 bits per heavy atom. The molecule has 3 fully saturated rings. The van der Waals surface area contributed by atoms with Gasteiger partial charge in [0, 0.05) is 43.6 Å². The van der Waals surface area contributed by atoms with Crippen molar-refractivity contribution in [3.05, 3.63) is 23.8 Å². The van der Waals surface area contributed by atoms with Gasteiger partial charge in [-0.05, 0) is 50.5 Å². The van der Waals surface area contributed by atoms with Crippen LogP contribution in [0.25, 0.3) is 0 Å². The minimum atomic E-state index is -2.24. The topological polar surface area (TPSA) is 188 Å². The molecule has 13 heteroatoms. The summed E-state index contributed by atoms with van der Waals surface area (Å²) < 4.78 is 35.5. The molecular weight excluding hydrogens is 676 g/mol. The van der Waals surface area contributed by atoms with Gasteiger partial charge in [-0.15, -0.1) is 0 Å². The second kappa shape index (κ2) is 19.3. The Morgan fingerprint density at radius 2 is 1.73 bits per heavy atom. The molecule has 0 aromatic rings. The van der Waals surface area contributed by atoms with E-state index >= 15 is 0 Å². The summed E-state index contributed by atoms with van der Waals surface area (Å²) in [6.07, 6.45) is 7.72. The van der Waals surface area contributed by atoms with Crippen molar-refractivity contribution in [1.29, 1.82) is 0 Å². The highest BCUT2D eigenvalue weighted by molar-refractivity contribution is 5.83. The van der Waals surface area contributed by atoms with Crippen LogP contribution in [-0.2, 0) is 42.8 Å². The highest BCUT2D eigenvalue weighted by atomic mass is 16.7. The van der Waals surface area contributed by atoms with Crippen molar-refractivity contribution in [2.45, 2.75) is 184 Å². The summed E-state index contributed by atoms with van der Waals surface area (Å²) in [5.41, 5.74) is -1.02. The standard InChI is InChI=1S/C39H62O13/c1-5-6-7-8-9-15-33(42)50-36-26(20-34(43)47-4)19-31-23-32(25-40)49-35(44)22-27(41)21-29-14-11-17-38(45,51-29)24-30-13-10-12-28(48-30)16-18-37(2,3)39(36,46)52-31/h16,18,20,27-32,36,40-41,45-46H,5-15,17,19,21-25H2,1-4H3/b18-16-,26-20+/t27-,28-,29+,30+,31+,32-,36+,38-,39-/m1/s1. The van der Waals surface area contributed by atoms with Gasteiger partial charge in [0.15, 0.2) is 11.9 Å². The fourth-order valence-electron chi connectivity index (χ4n) is 7.83. The SMILES string of the molecule is CCCCCCCC(=O)O[C@H]1/C(=C/C(=O)OC)C[C@H]2C[C@H](CO)OC(=O)C[C@H](O)C[C@@H]3CCC[C@](O)(C[C@@H]4CCC[C@H](/C=C\C(C)(C)[C@]1(O)O2)O4)O3. The smallest absolute Gasteiger partial charge is 0.330 e. The summed E-state index contributed by atoms with van der Waals surface area (Å²) in [7, 11) is 1.22. The first-order valence-electron chi connectivity index (χ1n) is 19.3. The van der Waals surface area contributed by atoms with Crippen LogP contribution < -0.4 is 0 Å². The fourth-order valence-corrected chi connectivity index (χ4v) is 7.83. The first-order chi connectivity index (χ1) is 24.7. The molecule has 0 aliphatic carbocycles. The van der Waals surface area contributed by atoms with Crippen LogP contribution >= 0.6 is 0 Å². The van der Waals surface area contributed by atoms with Gasteiger partial charge in [0.25, 0.3) is 0 Å². The molecule has 4 rings (SSSR count). The monoisotopic (exact) mass is 738 g/mol. The maximum atomic E-state index is 13.3. The lowest BCUT2D eigenvalue weighted by Gasteiger charge is -2.51. The number of cyclic esters (lactones) is 1. The molecule has 4 aliphatic heterocycles. The molecule has 0 spiro atoms. The minimum Gasteiger partial charge on any atom is -0.466 e. The molecule has 52 heavy (non-hydrogen) atoms. The molecule has 0 aromatic carbocycles. The van der Waals surface area contributed by atoms with E-state index in [-0.39, 0.29) is 56.3 Å². The predicted octanol–water partition coefficient (Wildman–Crippen LogP) is 4.45. The van der Waals surface area contributed by atoms with Gasteiger partial charge >= 0.3 is 17.9 Å². The zero-order valence-electron chi connectivity index (χ0n) is 31.5. The third kappa shape index (κ3) is 11.8. The quantitative estimate of drug-likeness (QED) is 0.0855. The molecule has 4 N–H and O–H groups in total. The zero-order chi connectivity index (χ0) is 37.9. The molecule has 0 aromatic heterocycles. The molecule has 4 aliphatic rings. The van der Waals surface area contributed by atoms with E-state index in [1.165, 1.54) is 13.2 Å². The first kappa shape index (κ1) is 42.4. The second-order valence-electron chi connectivity index (χ2n) is 15.6. The summed E-state index contributed by atoms with van der Waals surface area (Å²) in [4.78, 5) is 38.9. The highest BCUT2D eigenvalue weighted by Crippen LogP contribution is 2.47. The van der Waals surface area contributed by atoms with E-state index in [0.29, 0.717) is 32.1 Å². The number of fused-ring (bicyclic) bond motifs is 6. The number of rotatable bonds is 9. The zero-order valence-corrected chi connectivity index (χ0v) is 31.5. The number of hydrogen-bond donors (Lipinski definition) is 4. The van der Waals surface area contributed by atoms with Gasteiger partial charge in [-0.2, -0.15) is 0 Å². The molecule has 0 unspecified atom stereocenters. The number of aliphatic hydroxyl groups is 4. The molecule has 4 heterocycles. The summed E-state index contributed by atoms with van der Waals surface area (Å²) >= 11 is 0. The van der Waals surface area contributed by atoms with Gasteiger partial charge in [-0.3, -0.25) is 9.59 Å². The van der Waals surface area contributed by atoms with E-state index in [9.17, 15) is 34.8 Å². The van der Waals surface area contributed by atoms with Crippen molar-refractivity contribution in [3.8, 4) is 0 Å². The van der Waals surface area contributed by atoms with Crippen LogP contribution in [-0.4, -0.2) is 106 Å². The van der Waals surface area contributed by atoms with Crippen LogP contribution in [0.2, 0.25) is 0 Å². The van der Waals surface area contributed by atoms with E-state index in [1.54, 1.807) is 19.9 Å². The minimum absolute atomic E-state index is 0.00231. The molecule has 296 valence electrons. The summed E-state index contributed by atoms with van der Waals surface area (Å²) in [5.74, 6) is -5.71. The Morgan fingerprint density at radius 3 is 2.46 bits per heavy atom. The van der Waals surface area contributed by atoms with Crippen molar-refractivity contribution in [3.63, 3.8) is 0 Å². The van der Waals surface area contributed by atoms with E-state index in [4.69, 9.17) is 28.4 Å². The van der Waals surface area contributed by atoms with Crippen LogP contribution in [0, 0.1) is 5.41 Å². The second-order valence-corrected chi connectivity index (χ2v) is 15.6. The van der Waals surface area contributed by atoms with Crippen molar-refractivity contribution in [2.75, 3.05) is 13.7 Å². The van der Waals surface area contributed by atoms with Gasteiger partial charge in [0.2, 0.25) is 5.79 Å². The van der Waals surface area contributed by atoms with E-state index in [1.807, 2.05) is 6.08 Å². The predicted molar refractivity (Wildman–Crippen MR) is 188 cm³/mol. The first-order valence-corrected chi connectivity index (χ1v) is 19.3. The Hall–Kier alpha value is -2.39. The number of aliphatic hydroxyl groups excluding tert-OH is 2. The van der Waals surface area contributed by atoms with Gasteiger partial charge in [0.1, 0.15) is 6.10 Å².